The van der Waals surface area contributed by atoms with E-state index < -0.39 is 252 Å². The Bertz CT molecular complexity index is 5420. The Morgan fingerprint density at radius 3 is 1.14 bits per heavy atom. The van der Waals surface area contributed by atoms with Crippen molar-refractivity contribution in [2.24, 2.45) is 21.9 Å². The van der Waals surface area contributed by atoms with Crippen molar-refractivity contribution < 1.29 is 98.8 Å². The molecule has 10 N–H and O–H groups in total. The number of aromatic amines is 1. The van der Waals surface area contributed by atoms with Crippen LogP contribution < -0.4 is 21.3 Å². The van der Waals surface area contributed by atoms with E-state index in [-0.39, 0.29) is 72.0 Å². The fraction of sp³-hybridized carbons (Fsp3) is 0.415. The Hall–Kier alpha value is -12.9. The van der Waals surface area contributed by atoms with Gasteiger partial charge in [0.1, 0.15) is 13.1 Å². The van der Waals surface area contributed by atoms with E-state index in [4.69, 9.17) is 16.0 Å². The van der Waals surface area contributed by atoms with Crippen LogP contribution in [0, 0.1) is 46.4 Å². The summed E-state index contributed by atoms with van der Waals surface area (Å²) in [6, 6.07) is 31.6. The highest BCUT2D eigenvalue weighted by Gasteiger charge is 2.37. The molecule has 6 aromatic carbocycles. The molecule has 0 fully saturated rings. The normalized spacial score (nSPS) is 12.5. The van der Waals surface area contributed by atoms with Gasteiger partial charge in [-0.2, -0.15) is 0 Å². The second-order valence-corrected chi connectivity index (χ2v) is 36.2. The molecule has 7 aromatic rings. The number of para-hydroxylation sites is 1. The molecule has 4 atom stereocenters. The number of nitrogens with zero attached hydrogens (tertiary/aromatic N) is 13. The minimum atomic E-state index is -4.90. The maximum Gasteiger partial charge on any atom is 0.325 e. The topological polar surface area (TPSA) is 604 Å². The number of primary sulfonamides is 2. The second-order valence-electron chi connectivity index (χ2n) is 31.0. The summed E-state index contributed by atoms with van der Waals surface area (Å²) in [4.78, 5) is 225. The Kier molecular flexibility index (Phi) is 37.6. The highest BCUT2D eigenvalue weighted by molar-refractivity contribution is 7.89. The number of fused-ring (bicyclic) bond motifs is 1. The second kappa shape index (κ2) is 47.1. The van der Waals surface area contributed by atoms with Crippen molar-refractivity contribution in [2.75, 3.05) is 122 Å². The first-order valence-corrected chi connectivity index (χ1v) is 45.6. The third kappa shape index (κ3) is 32.2. The molecule has 690 valence electrons. The number of non-ortho nitro benzene ring substituents is 4. The Balaban J connectivity index is 1.27. The summed E-state index contributed by atoms with van der Waals surface area (Å²) >= 11 is 0. The van der Waals surface area contributed by atoms with Crippen molar-refractivity contribution in [3.8, 4) is 0 Å². The molecular formula is C82H105N18O25PS2. The van der Waals surface area contributed by atoms with Gasteiger partial charge in [0.25, 0.3) is 22.7 Å². The first kappa shape index (κ1) is 102. The fourth-order valence-corrected chi connectivity index (χ4v) is 15.2. The van der Waals surface area contributed by atoms with Gasteiger partial charge in [-0.3, -0.25) is 93.0 Å². The molecule has 128 heavy (non-hydrogen) atoms. The molecule has 46 heteroatoms. The number of aromatic nitrogens is 1. The number of rotatable bonds is 51. The zero-order chi connectivity index (χ0) is 94.7. The smallest absolute Gasteiger partial charge is 0.325 e. The minimum Gasteiger partial charge on any atom is -0.368 e. The average Bonchev–Trinajstić information content (AvgIpc) is 1.71. The number of sulfonamides is 2. The summed E-state index contributed by atoms with van der Waals surface area (Å²) < 4.78 is 63.5. The van der Waals surface area contributed by atoms with Crippen LogP contribution in [0.5, 0.6) is 0 Å². The molecular weight excluding hydrogens is 1730 g/mol. The van der Waals surface area contributed by atoms with Crippen LogP contribution in [0.1, 0.15) is 112 Å². The summed E-state index contributed by atoms with van der Waals surface area (Å²) in [6.07, 6.45) is 0.466. The Labute approximate surface area is 737 Å². The number of hydrogen-bond acceptors (Lipinski definition) is 24. The number of carbonyl (C=O) groups is 10. The maximum atomic E-state index is 15.8. The summed E-state index contributed by atoms with van der Waals surface area (Å²) in [7, 11) is -13.9. The van der Waals surface area contributed by atoms with Crippen molar-refractivity contribution >= 4 is 120 Å². The van der Waals surface area contributed by atoms with E-state index in [0.29, 0.717) is 22.0 Å². The molecule has 10 amide bonds. The van der Waals surface area contributed by atoms with Crippen molar-refractivity contribution in [3.63, 3.8) is 0 Å². The largest absolute Gasteiger partial charge is 0.368 e. The summed E-state index contributed by atoms with van der Waals surface area (Å²) in [5.41, 5.74) is 7.42. The SMILES string of the molecule is CC(C)CCN(CC(=O)N(CCS(N)(=O)=O)CC(=O)N(CC(N)=O)[C@@H](C)c1ccc([N+](=O)[O-])cc1)C(=O)CN(CCCP(=O)(O)O)C(=O)CN(C(=O)CN(CCc1c[nH]c2ccccc12)C(=O)CN(CCS(N)(=O)=O)C(=O)CN(C(=O)CN(CCc1ccccc1)C(=O)CN[C@@H](C)c1ccc([N+](=O)[O-])cc1)[C@@H](C)c1ccc([N+](=O)[O-])cc1)[C@@H](C)c1ccc([N+](=O)[O-])cc1. The molecule has 0 unspecified atom stereocenters. The lowest BCUT2D eigenvalue weighted by Gasteiger charge is -2.35. The first-order valence-electron chi connectivity index (χ1n) is 40.3. The average molecular weight is 1840 g/mol. The Morgan fingerprint density at radius 1 is 0.422 bits per heavy atom. The number of nitro groups is 4. The van der Waals surface area contributed by atoms with Gasteiger partial charge in [0, 0.05) is 111 Å². The molecule has 0 spiro atoms. The quantitative estimate of drug-likeness (QED) is 0.0158. The van der Waals surface area contributed by atoms with E-state index in [2.05, 4.69) is 10.3 Å². The van der Waals surface area contributed by atoms with Gasteiger partial charge >= 0.3 is 7.60 Å². The van der Waals surface area contributed by atoms with Crippen LogP contribution in [-0.2, 0) is 85.4 Å². The third-order valence-electron chi connectivity index (χ3n) is 21.3. The molecule has 0 saturated heterocycles. The van der Waals surface area contributed by atoms with Crippen LogP contribution >= 0.6 is 7.60 Å². The number of nitro benzene ring substituents is 4. The van der Waals surface area contributed by atoms with Gasteiger partial charge in [-0.15, -0.1) is 0 Å². The molecule has 0 aliphatic heterocycles. The maximum absolute atomic E-state index is 15.8. The number of nitrogens with one attached hydrogen (secondary N) is 2. The lowest BCUT2D eigenvalue weighted by molar-refractivity contribution is -0.385. The summed E-state index contributed by atoms with van der Waals surface area (Å²) in [5, 5.41) is 61.6. The summed E-state index contributed by atoms with van der Waals surface area (Å²) in [6.45, 7) is -2.73. The fourth-order valence-electron chi connectivity index (χ4n) is 13.7. The van der Waals surface area contributed by atoms with Gasteiger partial charge in [0.2, 0.25) is 79.1 Å². The van der Waals surface area contributed by atoms with Crippen molar-refractivity contribution in [2.45, 2.75) is 91.4 Å². The molecule has 0 bridgehead atoms. The van der Waals surface area contributed by atoms with Crippen LogP contribution in [0.15, 0.2) is 158 Å². The number of primary amides is 1. The molecule has 0 radical (unpaired) electrons. The number of nitrogens with two attached hydrogens (primary N) is 3. The molecule has 0 aliphatic carbocycles. The van der Waals surface area contributed by atoms with Crippen LogP contribution in [0.3, 0.4) is 0 Å². The highest BCUT2D eigenvalue weighted by Crippen LogP contribution is 2.35. The number of carbonyl (C=O) groups excluding carboxylic acids is 10. The lowest BCUT2D eigenvalue weighted by Crippen LogP contribution is -2.54. The molecule has 1 aromatic heterocycles. The van der Waals surface area contributed by atoms with E-state index in [1.165, 1.54) is 86.3 Å². The number of hydrogen-bond donors (Lipinski definition) is 7. The van der Waals surface area contributed by atoms with Crippen molar-refractivity contribution in [1.29, 1.82) is 0 Å². The number of benzene rings is 6. The predicted molar refractivity (Wildman–Crippen MR) is 467 cm³/mol. The standard InChI is InChI=1S/C82H105N18O25PS2/c1-56(2)33-37-90(49-77(105)93(41-44-128(85,124)125)53-80(108)94(47-73(83)101)58(4)63-19-27-68(28-20-63)98(113)114)75(103)48-88(36-12-42-126(119,120)121)78(106)54-95(59(5)64-21-29-69(30-22-64)99(115)116)82(110)52-91(39-35-66-45-87-72-16-11-10-15-71(66)72)76(104)50-92(40-43-127(84,122)123)79(107)55-96(60(6)65-23-31-70(32-24-65)100(117)118)81(109)51-89(38-34-61-13-8-7-9-14-61)74(102)46-86-57(3)62-17-25-67(26-18-62)97(111)112/h7-11,13-32,45,56-60,86-87H,12,33-44,46-55H2,1-6H3,(H2,83,101)(H2,84,122,123)(H2,85,124,125)(H2,119,120,121)/t57-,58-,59-,60-/m0/s1. The van der Waals surface area contributed by atoms with Gasteiger partial charge in [0.05, 0.1) is 108 Å². The molecule has 0 aliphatic rings. The molecule has 1 heterocycles. The zero-order valence-electron chi connectivity index (χ0n) is 71.3. The predicted octanol–water partition coefficient (Wildman–Crippen LogP) is 4.35. The van der Waals surface area contributed by atoms with Gasteiger partial charge in [-0.05, 0) is 98.7 Å². The van der Waals surface area contributed by atoms with E-state index in [0.717, 1.165) is 81.2 Å². The van der Waals surface area contributed by atoms with Crippen LogP contribution in [0.25, 0.3) is 10.9 Å². The highest BCUT2D eigenvalue weighted by atomic mass is 32.2. The van der Waals surface area contributed by atoms with Crippen LogP contribution in [0.4, 0.5) is 22.7 Å². The van der Waals surface area contributed by atoms with Gasteiger partial charge in [-0.25, -0.2) is 27.1 Å². The van der Waals surface area contributed by atoms with Crippen molar-refractivity contribution in [1.82, 2.24) is 54.4 Å². The summed E-state index contributed by atoms with van der Waals surface area (Å²) in [5.74, 6) is -12.4. The van der Waals surface area contributed by atoms with Crippen LogP contribution in [-0.4, -0.2) is 277 Å². The molecule has 0 saturated carbocycles. The van der Waals surface area contributed by atoms with Crippen LogP contribution in [0.2, 0.25) is 0 Å². The number of amides is 10. The third-order valence-corrected chi connectivity index (χ3v) is 23.7. The van der Waals surface area contributed by atoms with Gasteiger partial charge in [0.15, 0.2) is 0 Å². The lowest BCUT2D eigenvalue weighted by atomic mass is 10.1. The molecule has 43 nitrogen and oxygen atoms in total. The van der Waals surface area contributed by atoms with Crippen molar-refractivity contribution in [3.05, 3.63) is 232 Å². The van der Waals surface area contributed by atoms with E-state index >= 15 is 28.8 Å². The van der Waals surface area contributed by atoms with E-state index in [1.807, 2.05) is 0 Å². The monoisotopic (exact) mass is 1840 g/mol. The van der Waals surface area contributed by atoms with Gasteiger partial charge < -0.3 is 69.9 Å². The molecule has 7 rings (SSSR count). The van der Waals surface area contributed by atoms with E-state index in [9.17, 15) is 90.8 Å². The zero-order valence-corrected chi connectivity index (χ0v) is 73.8. The van der Waals surface area contributed by atoms with Gasteiger partial charge in [-0.1, -0.05) is 111 Å². The Morgan fingerprint density at radius 2 is 0.758 bits per heavy atom. The minimum absolute atomic E-state index is 0.0757. The number of H-pyrrole nitrogens is 1. The first-order chi connectivity index (χ1) is 60.1. The van der Waals surface area contributed by atoms with E-state index in [1.54, 1.807) is 81.6 Å².